The van der Waals surface area contributed by atoms with Crippen LogP contribution in [0.3, 0.4) is 0 Å². The van der Waals surface area contributed by atoms with E-state index >= 15 is 0 Å². The molecule has 1 saturated heterocycles. The van der Waals surface area contributed by atoms with Crippen molar-refractivity contribution < 1.29 is 19.1 Å². The minimum absolute atomic E-state index is 0.0226. The van der Waals surface area contributed by atoms with Crippen molar-refractivity contribution in [3.63, 3.8) is 0 Å². The molecular weight excluding hydrogens is 623 g/mol. The van der Waals surface area contributed by atoms with Gasteiger partial charge in [-0.3, -0.25) is 14.5 Å². The van der Waals surface area contributed by atoms with Crippen molar-refractivity contribution in [2.45, 2.75) is 12.8 Å². The number of likely N-dealkylation sites (tertiary alicyclic amines) is 1. The molecule has 0 bridgehead atoms. The highest BCUT2D eigenvalue weighted by Crippen LogP contribution is 2.24. The van der Waals surface area contributed by atoms with Crippen LogP contribution < -0.4 is 0 Å². The summed E-state index contributed by atoms with van der Waals surface area (Å²) in [5.74, 6) is 14.5. The minimum Gasteiger partial charge on any atom is -0.380 e. The van der Waals surface area contributed by atoms with E-state index in [1.54, 1.807) is 0 Å². The molecule has 13 heteroatoms. The SMILES string of the molecule is O=C1CC(CSCCSCCSCCOCCS)C(=O)N1CCCSCCSCCSCCOCCS. The average molecular weight is 668 g/mol. The summed E-state index contributed by atoms with van der Waals surface area (Å²) in [6, 6.07) is 0. The van der Waals surface area contributed by atoms with Crippen molar-refractivity contribution in [2.24, 2.45) is 5.92 Å². The van der Waals surface area contributed by atoms with Gasteiger partial charge in [0.15, 0.2) is 0 Å². The standard InChI is InChI=1S/C24H45NO4S8/c26-23-20-22(21-37-19-18-36-17-14-34-11-6-29-4-8-31)24(27)25(23)2-1-9-32-12-15-35-16-13-33-10-5-28-3-7-30/h22,30-31H,1-21H2. The smallest absolute Gasteiger partial charge is 0.233 e. The van der Waals surface area contributed by atoms with E-state index in [1.165, 1.54) is 16.4 Å². The maximum absolute atomic E-state index is 12.7. The molecule has 0 aromatic heterocycles. The maximum Gasteiger partial charge on any atom is 0.233 e. The third kappa shape index (κ3) is 21.3. The van der Waals surface area contributed by atoms with E-state index in [2.05, 4.69) is 25.3 Å². The number of thioether (sulfide) groups is 6. The van der Waals surface area contributed by atoms with Crippen LogP contribution in [0.15, 0.2) is 0 Å². The third-order valence-electron chi connectivity index (χ3n) is 5.03. The fourth-order valence-electron chi connectivity index (χ4n) is 3.22. The fraction of sp³-hybridized carbons (Fsp3) is 0.917. The van der Waals surface area contributed by atoms with E-state index in [0.717, 1.165) is 102 Å². The van der Waals surface area contributed by atoms with Gasteiger partial charge in [-0.05, 0) is 12.2 Å². The van der Waals surface area contributed by atoms with E-state index < -0.39 is 0 Å². The summed E-state index contributed by atoms with van der Waals surface area (Å²) < 4.78 is 10.8. The number of thiol groups is 2. The Morgan fingerprint density at radius 2 is 1.11 bits per heavy atom. The van der Waals surface area contributed by atoms with Gasteiger partial charge in [-0.15, -0.1) is 0 Å². The molecule has 5 nitrogen and oxygen atoms in total. The molecule has 0 aliphatic carbocycles. The van der Waals surface area contributed by atoms with Crippen LogP contribution in [0.4, 0.5) is 0 Å². The number of carbonyl (C=O) groups is 2. The molecule has 1 rings (SSSR count). The topological polar surface area (TPSA) is 55.8 Å². The first-order chi connectivity index (χ1) is 18.2. The van der Waals surface area contributed by atoms with Gasteiger partial charge in [-0.1, -0.05) is 0 Å². The van der Waals surface area contributed by atoms with Crippen LogP contribution in [-0.4, -0.2) is 130 Å². The molecule has 0 aromatic rings. The minimum atomic E-state index is -0.119. The highest BCUT2D eigenvalue weighted by atomic mass is 32.2. The number of rotatable bonds is 28. The summed E-state index contributed by atoms with van der Waals surface area (Å²) in [6.45, 7) is 3.68. The molecule has 0 aromatic carbocycles. The molecule has 37 heavy (non-hydrogen) atoms. The highest BCUT2D eigenvalue weighted by molar-refractivity contribution is 8.05. The Morgan fingerprint density at radius 1 is 0.649 bits per heavy atom. The molecular formula is C24H45NO4S8. The van der Waals surface area contributed by atoms with Crippen LogP contribution in [0.1, 0.15) is 12.8 Å². The highest BCUT2D eigenvalue weighted by Gasteiger charge is 2.37. The first-order valence-corrected chi connectivity index (χ1v) is 21.1. The number of amides is 2. The zero-order valence-electron chi connectivity index (χ0n) is 21.9. The summed E-state index contributed by atoms with van der Waals surface area (Å²) >= 11 is 19.8. The van der Waals surface area contributed by atoms with Crippen LogP contribution in [0, 0.1) is 5.92 Å². The van der Waals surface area contributed by atoms with E-state index in [1.807, 2.05) is 70.6 Å². The Morgan fingerprint density at radius 3 is 1.62 bits per heavy atom. The molecule has 2 amide bonds. The molecule has 0 N–H and O–H groups in total. The van der Waals surface area contributed by atoms with E-state index in [4.69, 9.17) is 9.47 Å². The zero-order valence-corrected chi connectivity index (χ0v) is 28.5. The average Bonchev–Trinajstić information content (AvgIpc) is 3.17. The van der Waals surface area contributed by atoms with Crippen LogP contribution in [0.25, 0.3) is 0 Å². The van der Waals surface area contributed by atoms with E-state index in [0.29, 0.717) is 13.0 Å². The molecule has 1 atom stereocenters. The Labute approximate surface area is 261 Å². The molecule has 0 spiro atoms. The van der Waals surface area contributed by atoms with Gasteiger partial charge in [0.25, 0.3) is 0 Å². The van der Waals surface area contributed by atoms with Gasteiger partial charge in [0.1, 0.15) is 0 Å². The van der Waals surface area contributed by atoms with Crippen molar-refractivity contribution in [3.8, 4) is 0 Å². The zero-order chi connectivity index (χ0) is 26.8. The molecule has 0 saturated carbocycles. The molecule has 1 heterocycles. The fourth-order valence-corrected chi connectivity index (χ4v) is 9.78. The second-order valence-electron chi connectivity index (χ2n) is 7.95. The second-order valence-corrected chi connectivity index (χ2v) is 16.1. The van der Waals surface area contributed by atoms with Crippen LogP contribution in [0.2, 0.25) is 0 Å². The number of hydrogen-bond donors (Lipinski definition) is 2. The van der Waals surface area contributed by atoms with Gasteiger partial charge in [0.05, 0.1) is 32.3 Å². The molecule has 218 valence electrons. The lowest BCUT2D eigenvalue weighted by Gasteiger charge is -2.14. The quantitative estimate of drug-likeness (QED) is 0.0675. The van der Waals surface area contributed by atoms with Crippen molar-refractivity contribution in [1.29, 1.82) is 0 Å². The number of ether oxygens (including phenoxy) is 2. The number of nitrogens with zero attached hydrogens (tertiary/aromatic N) is 1. The number of hydrogen-bond acceptors (Lipinski definition) is 12. The lowest BCUT2D eigenvalue weighted by atomic mass is 10.1. The van der Waals surface area contributed by atoms with Gasteiger partial charge >= 0.3 is 0 Å². The Hall–Kier alpha value is 1.86. The predicted molar refractivity (Wildman–Crippen MR) is 183 cm³/mol. The van der Waals surface area contributed by atoms with Crippen LogP contribution in [-0.2, 0) is 19.1 Å². The van der Waals surface area contributed by atoms with Gasteiger partial charge in [0, 0.05) is 87.8 Å². The van der Waals surface area contributed by atoms with Crippen molar-refractivity contribution in [3.05, 3.63) is 0 Å². The van der Waals surface area contributed by atoms with Crippen molar-refractivity contribution >= 4 is 108 Å². The molecule has 1 unspecified atom stereocenters. The Balaban J connectivity index is 1.91. The predicted octanol–water partition coefficient (Wildman–Crippen LogP) is 5.04. The largest absolute Gasteiger partial charge is 0.380 e. The summed E-state index contributed by atoms with van der Waals surface area (Å²) in [4.78, 5) is 26.5. The first kappa shape index (κ1) is 36.9. The van der Waals surface area contributed by atoms with Gasteiger partial charge in [-0.2, -0.15) is 95.8 Å². The lowest BCUT2D eigenvalue weighted by molar-refractivity contribution is -0.139. The normalized spacial score (nSPS) is 15.8. The lowest BCUT2D eigenvalue weighted by Crippen LogP contribution is -2.32. The van der Waals surface area contributed by atoms with Gasteiger partial charge in [-0.25, -0.2) is 0 Å². The van der Waals surface area contributed by atoms with Gasteiger partial charge in [0.2, 0.25) is 11.8 Å². The van der Waals surface area contributed by atoms with E-state index in [-0.39, 0.29) is 17.7 Å². The summed E-state index contributed by atoms with van der Waals surface area (Å²) in [7, 11) is 0. The molecule has 1 aliphatic heterocycles. The van der Waals surface area contributed by atoms with E-state index in [9.17, 15) is 9.59 Å². The maximum atomic E-state index is 12.7. The summed E-state index contributed by atoms with van der Waals surface area (Å²) in [6.07, 6.45) is 1.29. The third-order valence-corrected chi connectivity index (χ3v) is 12.5. The van der Waals surface area contributed by atoms with Crippen molar-refractivity contribution in [2.75, 3.05) is 114 Å². The Kier molecular flexibility index (Phi) is 27.9. The summed E-state index contributed by atoms with van der Waals surface area (Å²) in [5, 5.41) is 0. The summed E-state index contributed by atoms with van der Waals surface area (Å²) in [5.41, 5.74) is 0. The van der Waals surface area contributed by atoms with Crippen LogP contribution in [0.5, 0.6) is 0 Å². The number of carbonyl (C=O) groups excluding carboxylic acids is 2. The molecule has 0 radical (unpaired) electrons. The second kappa shape index (κ2) is 28.0. The molecule has 1 aliphatic rings. The molecule has 1 fully saturated rings. The monoisotopic (exact) mass is 667 g/mol. The number of imide groups is 1. The Bertz CT molecular complexity index is 565. The first-order valence-electron chi connectivity index (χ1n) is 12.9. The van der Waals surface area contributed by atoms with Gasteiger partial charge < -0.3 is 9.47 Å². The van der Waals surface area contributed by atoms with Crippen molar-refractivity contribution in [1.82, 2.24) is 4.90 Å². The van der Waals surface area contributed by atoms with Crippen LogP contribution >= 0.6 is 95.8 Å².